The summed E-state index contributed by atoms with van der Waals surface area (Å²) in [5.74, 6) is 0.623. The van der Waals surface area contributed by atoms with Gasteiger partial charge in [0, 0.05) is 11.1 Å². The third-order valence-corrected chi connectivity index (χ3v) is 7.25. The van der Waals surface area contributed by atoms with Crippen LogP contribution in [0.15, 0.2) is 139 Å². The minimum absolute atomic E-state index is 0.121. The minimum atomic E-state index is -0.773. The lowest BCUT2D eigenvalue weighted by atomic mass is 9.77. The van der Waals surface area contributed by atoms with Crippen molar-refractivity contribution in [2.45, 2.75) is 12.1 Å². The fraction of sp³-hybridized carbons (Fsp3) is 0.0588. The highest BCUT2D eigenvalue weighted by Gasteiger charge is 2.45. The summed E-state index contributed by atoms with van der Waals surface area (Å²) in [6, 6.07) is 46.7. The molecule has 0 saturated heterocycles. The Kier molecular flexibility index (Phi) is 6.82. The van der Waals surface area contributed by atoms with Gasteiger partial charge in [-0.15, -0.1) is 5.10 Å². The molecule has 6 rings (SSSR count). The van der Waals surface area contributed by atoms with E-state index in [4.69, 9.17) is 5.10 Å². The molecule has 194 valence electrons. The SMILES string of the molecule is N#Cc1cc(CO)ccc1-c1ccccc1C1=NNN(C(c2ccccc2)(c2ccccc2)c2ccccc2)N1. The van der Waals surface area contributed by atoms with Crippen LogP contribution in [0.2, 0.25) is 0 Å². The van der Waals surface area contributed by atoms with Gasteiger partial charge in [0.1, 0.15) is 5.54 Å². The van der Waals surface area contributed by atoms with Crippen LogP contribution < -0.4 is 11.0 Å². The maximum absolute atomic E-state index is 9.88. The number of rotatable bonds is 7. The van der Waals surface area contributed by atoms with Gasteiger partial charge < -0.3 is 5.11 Å². The lowest BCUT2D eigenvalue weighted by molar-refractivity contribution is 0.0761. The van der Waals surface area contributed by atoms with Gasteiger partial charge in [0.05, 0.1) is 18.2 Å². The fourth-order valence-corrected chi connectivity index (χ4v) is 5.40. The number of hydrazine groups is 2. The molecule has 0 unspecified atom stereocenters. The Morgan fingerprint density at radius 1 is 0.675 bits per heavy atom. The van der Waals surface area contributed by atoms with E-state index in [1.54, 1.807) is 6.07 Å². The van der Waals surface area contributed by atoms with Crippen LogP contribution in [0.3, 0.4) is 0 Å². The monoisotopic (exact) mass is 521 g/mol. The molecule has 0 fully saturated rings. The molecule has 0 aromatic heterocycles. The molecule has 5 aromatic carbocycles. The number of nitrogens with one attached hydrogen (secondary N) is 2. The zero-order chi connectivity index (χ0) is 27.4. The van der Waals surface area contributed by atoms with Crippen molar-refractivity contribution in [2.24, 2.45) is 5.10 Å². The number of hydrogen-bond donors (Lipinski definition) is 3. The van der Waals surface area contributed by atoms with Crippen molar-refractivity contribution in [1.82, 2.24) is 16.1 Å². The van der Waals surface area contributed by atoms with Crippen LogP contribution in [0.25, 0.3) is 11.1 Å². The largest absolute Gasteiger partial charge is 0.392 e. The molecule has 0 saturated carbocycles. The molecule has 5 aromatic rings. The molecule has 0 bridgehead atoms. The highest BCUT2D eigenvalue weighted by atomic mass is 16.3. The molecule has 0 aliphatic carbocycles. The van der Waals surface area contributed by atoms with Crippen molar-refractivity contribution in [3.05, 3.63) is 167 Å². The van der Waals surface area contributed by atoms with Crippen molar-refractivity contribution >= 4 is 5.84 Å². The first-order valence-electron chi connectivity index (χ1n) is 13.1. The maximum atomic E-state index is 9.88. The van der Waals surface area contributed by atoms with Gasteiger partial charge in [0.25, 0.3) is 0 Å². The number of amidine groups is 1. The van der Waals surface area contributed by atoms with Crippen LogP contribution in [0.1, 0.15) is 33.4 Å². The average molecular weight is 522 g/mol. The Hall–Kier alpha value is -5.22. The third kappa shape index (κ3) is 4.30. The number of nitriles is 1. The van der Waals surface area contributed by atoms with E-state index in [2.05, 4.69) is 53.4 Å². The van der Waals surface area contributed by atoms with Crippen molar-refractivity contribution in [1.29, 1.82) is 5.26 Å². The van der Waals surface area contributed by atoms with Crippen molar-refractivity contribution in [3.63, 3.8) is 0 Å². The summed E-state index contributed by atoms with van der Waals surface area (Å²) in [4.78, 5) is 0. The first kappa shape index (κ1) is 25.1. The zero-order valence-corrected chi connectivity index (χ0v) is 21.7. The van der Waals surface area contributed by atoms with E-state index < -0.39 is 5.54 Å². The average Bonchev–Trinajstić information content (AvgIpc) is 3.53. The van der Waals surface area contributed by atoms with E-state index in [1.807, 2.05) is 96.1 Å². The second-order valence-electron chi connectivity index (χ2n) is 9.51. The quantitative estimate of drug-likeness (QED) is 0.240. The molecule has 6 nitrogen and oxygen atoms in total. The summed E-state index contributed by atoms with van der Waals surface area (Å²) in [5, 5.41) is 26.2. The zero-order valence-electron chi connectivity index (χ0n) is 21.7. The molecule has 0 atom stereocenters. The highest BCUT2D eigenvalue weighted by molar-refractivity contribution is 6.05. The first-order valence-corrected chi connectivity index (χ1v) is 13.1. The van der Waals surface area contributed by atoms with Gasteiger partial charge in [-0.25, -0.2) is 5.53 Å². The molecule has 1 aliphatic rings. The number of aliphatic hydroxyl groups excluding tert-OH is 1. The van der Waals surface area contributed by atoms with Gasteiger partial charge in [0.15, 0.2) is 5.84 Å². The Balaban J connectivity index is 1.48. The number of hydrazone groups is 1. The second-order valence-corrected chi connectivity index (χ2v) is 9.51. The summed E-state index contributed by atoms with van der Waals surface area (Å²) >= 11 is 0. The lowest BCUT2D eigenvalue weighted by Gasteiger charge is -2.42. The molecule has 0 amide bonds. The molecule has 6 heteroatoms. The predicted molar refractivity (Wildman–Crippen MR) is 156 cm³/mol. The van der Waals surface area contributed by atoms with E-state index in [-0.39, 0.29) is 6.61 Å². The van der Waals surface area contributed by atoms with Crippen LogP contribution in [0.5, 0.6) is 0 Å². The topological polar surface area (TPSA) is 83.7 Å². The van der Waals surface area contributed by atoms with E-state index >= 15 is 0 Å². The van der Waals surface area contributed by atoms with E-state index in [1.165, 1.54) is 0 Å². The van der Waals surface area contributed by atoms with Gasteiger partial charge in [0.2, 0.25) is 0 Å². The van der Waals surface area contributed by atoms with Crippen molar-refractivity contribution in [2.75, 3.05) is 0 Å². The number of benzene rings is 5. The summed E-state index contributed by atoms with van der Waals surface area (Å²) in [6.07, 6.45) is 0. The van der Waals surface area contributed by atoms with Gasteiger partial charge in [-0.3, -0.25) is 5.43 Å². The highest BCUT2D eigenvalue weighted by Crippen LogP contribution is 2.41. The Bertz CT molecular complexity index is 1600. The Morgan fingerprint density at radius 3 is 1.73 bits per heavy atom. The summed E-state index contributed by atoms with van der Waals surface area (Å²) in [6.45, 7) is -0.121. The number of aliphatic hydroxyl groups is 1. The van der Waals surface area contributed by atoms with E-state index in [0.717, 1.165) is 33.4 Å². The molecule has 1 aliphatic heterocycles. The van der Waals surface area contributed by atoms with Gasteiger partial charge >= 0.3 is 0 Å². The molecule has 0 spiro atoms. The van der Waals surface area contributed by atoms with Crippen LogP contribution in [-0.2, 0) is 12.1 Å². The molecule has 40 heavy (non-hydrogen) atoms. The van der Waals surface area contributed by atoms with Crippen molar-refractivity contribution in [3.8, 4) is 17.2 Å². The number of nitrogens with zero attached hydrogens (tertiary/aromatic N) is 3. The Labute approximate surface area is 233 Å². The molecular weight excluding hydrogens is 494 g/mol. The van der Waals surface area contributed by atoms with Crippen LogP contribution in [-0.4, -0.2) is 16.1 Å². The number of hydrogen-bond acceptors (Lipinski definition) is 6. The molecular formula is C34H27N5O. The standard InChI is InChI=1S/C34H27N5O/c35-23-26-22-25(24-40)20-21-30(26)31-18-10-11-19-32(31)33-36-38-39(37-33)34(27-12-4-1-5-13-27,28-14-6-2-7-15-28)29-16-8-3-9-17-29/h1-22,38,40H,24H2,(H,36,37). The summed E-state index contributed by atoms with van der Waals surface area (Å²) in [7, 11) is 0. The normalized spacial score (nSPS) is 13.2. The third-order valence-electron chi connectivity index (χ3n) is 7.25. The lowest BCUT2D eigenvalue weighted by Crippen LogP contribution is -2.57. The van der Waals surface area contributed by atoms with E-state index in [0.29, 0.717) is 17.0 Å². The Morgan fingerprint density at radius 2 is 1.20 bits per heavy atom. The van der Waals surface area contributed by atoms with Crippen molar-refractivity contribution < 1.29 is 5.11 Å². The molecule has 0 radical (unpaired) electrons. The minimum Gasteiger partial charge on any atom is -0.392 e. The van der Waals surface area contributed by atoms with E-state index in [9.17, 15) is 10.4 Å². The molecule has 3 N–H and O–H groups in total. The maximum Gasteiger partial charge on any atom is 0.171 e. The summed E-state index contributed by atoms with van der Waals surface area (Å²) in [5.41, 5.74) is 12.9. The molecule has 1 heterocycles. The van der Waals surface area contributed by atoms with Gasteiger partial charge in [-0.1, -0.05) is 133 Å². The fourth-order valence-electron chi connectivity index (χ4n) is 5.40. The predicted octanol–water partition coefficient (Wildman–Crippen LogP) is 5.70. The van der Waals surface area contributed by atoms with Gasteiger partial charge in [-0.2, -0.15) is 5.26 Å². The smallest absolute Gasteiger partial charge is 0.171 e. The second kappa shape index (κ2) is 10.9. The van der Waals surface area contributed by atoms with Gasteiger partial charge in [-0.05, 0) is 33.9 Å². The first-order chi connectivity index (χ1) is 19.8. The van der Waals surface area contributed by atoms with Crippen LogP contribution in [0.4, 0.5) is 0 Å². The van der Waals surface area contributed by atoms with Crippen LogP contribution >= 0.6 is 0 Å². The van der Waals surface area contributed by atoms with Crippen LogP contribution in [0, 0.1) is 11.3 Å². The summed E-state index contributed by atoms with van der Waals surface area (Å²) < 4.78 is 0.